The van der Waals surface area contributed by atoms with Gasteiger partial charge in [0.1, 0.15) is 0 Å². The molecule has 0 bridgehead atoms. The van der Waals surface area contributed by atoms with E-state index in [1.165, 1.54) is 0 Å². The normalized spacial score (nSPS) is 13.3. The lowest BCUT2D eigenvalue weighted by Gasteiger charge is -2.24. The Hall–Kier alpha value is -3.74. The van der Waals surface area contributed by atoms with Gasteiger partial charge >= 0.3 is 6.03 Å². The highest BCUT2D eigenvalue weighted by molar-refractivity contribution is 5.96. The lowest BCUT2D eigenvalue weighted by Crippen LogP contribution is -2.34. The smallest absolute Gasteiger partial charge is 0.316 e. The fourth-order valence-electron chi connectivity index (χ4n) is 3.50. The number of nitrogens with one attached hydrogen (secondary N) is 1. The van der Waals surface area contributed by atoms with E-state index in [0.717, 1.165) is 23.2 Å². The fourth-order valence-corrected chi connectivity index (χ4v) is 3.50. The van der Waals surface area contributed by atoms with E-state index < -0.39 is 0 Å². The number of benzene rings is 1. The predicted octanol–water partition coefficient (Wildman–Crippen LogP) is 3.84. The molecule has 0 unspecified atom stereocenters. The molecule has 1 saturated heterocycles. The van der Waals surface area contributed by atoms with Crippen molar-refractivity contribution in [3.8, 4) is 0 Å². The molecule has 1 aliphatic heterocycles. The van der Waals surface area contributed by atoms with Gasteiger partial charge in [-0.05, 0) is 53.9 Å². The monoisotopic (exact) mass is 401 g/mol. The first-order valence-electron chi connectivity index (χ1n) is 9.93. The van der Waals surface area contributed by atoms with Crippen LogP contribution in [0.3, 0.4) is 0 Å². The van der Waals surface area contributed by atoms with Gasteiger partial charge in [-0.25, -0.2) is 4.79 Å². The Balaban J connectivity index is 1.52. The van der Waals surface area contributed by atoms with Crippen molar-refractivity contribution < 1.29 is 9.59 Å². The quantitative estimate of drug-likeness (QED) is 0.681. The summed E-state index contributed by atoms with van der Waals surface area (Å²) in [7, 11) is 0. The van der Waals surface area contributed by atoms with Crippen molar-refractivity contribution in [2.24, 2.45) is 0 Å². The number of rotatable bonds is 6. The van der Waals surface area contributed by atoms with Gasteiger partial charge in [0.15, 0.2) is 0 Å². The molecule has 1 aromatic carbocycles. The maximum Gasteiger partial charge on any atom is 0.322 e. The van der Waals surface area contributed by atoms with Crippen LogP contribution < -0.4 is 10.2 Å². The van der Waals surface area contributed by atoms with Crippen LogP contribution in [0, 0.1) is 0 Å². The van der Waals surface area contributed by atoms with Crippen molar-refractivity contribution in [2.45, 2.75) is 25.9 Å². The van der Waals surface area contributed by atoms with Gasteiger partial charge in [-0.15, -0.1) is 0 Å². The molecule has 1 fully saturated rings. The summed E-state index contributed by atoms with van der Waals surface area (Å²) in [5.74, 6) is 0.120. The van der Waals surface area contributed by atoms with E-state index in [1.54, 1.807) is 34.6 Å². The summed E-state index contributed by atoms with van der Waals surface area (Å²) < 4.78 is 0. The van der Waals surface area contributed by atoms with Gasteiger partial charge < -0.3 is 15.1 Å². The summed E-state index contributed by atoms with van der Waals surface area (Å²) in [6.45, 7) is 1.57. The molecule has 1 N–H and O–H groups in total. The second kappa shape index (κ2) is 9.17. The zero-order chi connectivity index (χ0) is 20.8. The van der Waals surface area contributed by atoms with E-state index in [9.17, 15) is 9.59 Å². The van der Waals surface area contributed by atoms with E-state index in [1.807, 2.05) is 48.5 Å². The van der Waals surface area contributed by atoms with E-state index >= 15 is 0 Å². The first-order chi connectivity index (χ1) is 14.7. The van der Waals surface area contributed by atoms with Crippen LogP contribution in [0.15, 0.2) is 73.3 Å². The number of hydrogen-bond donors (Lipinski definition) is 1. The summed E-state index contributed by atoms with van der Waals surface area (Å²) in [6, 6.07) is 14.8. The van der Waals surface area contributed by atoms with Crippen molar-refractivity contribution in [3.63, 3.8) is 0 Å². The average Bonchev–Trinajstić information content (AvgIpc) is 3.21. The van der Waals surface area contributed by atoms with Crippen LogP contribution in [-0.4, -0.2) is 33.4 Å². The van der Waals surface area contributed by atoms with E-state index in [-0.39, 0.29) is 11.9 Å². The maximum atomic E-state index is 13.1. The zero-order valence-corrected chi connectivity index (χ0v) is 16.6. The van der Waals surface area contributed by atoms with E-state index in [4.69, 9.17) is 0 Å². The number of hydrogen-bond acceptors (Lipinski definition) is 4. The van der Waals surface area contributed by atoms with Crippen LogP contribution in [0.2, 0.25) is 0 Å². The molecule has 30 heavy (non-hydrogen) atoms. The molecule has 4 rings (SSSR count). The number of nitrogens with zero attached hydrogens (tertiary/aromatic N) is 4. The van der Waals surface area contributed by atoms with Crippen molar-refractivity contribution in [1.29, 1.82) is 0 Å². The number of carbonyl (C=O) groups excluding carboxylic acids is 2. The summed E-state index contributed by atoms with van der Waals surface area (Å²) in [5.41, 5.74) is 3.39. The third-order valence-electron chi connectivity index (χ3n) is 4.99. The Morgan fingerprint density at radius 1 is 1.00 bits per heavy atom. The molecule has 0 spiro atoms. The molecule has 0 radical (unpaired) electrons. The standard InChI is InChI=1S/C23H23N5O2/c29-22-7-3-13-28(22)21-6-1-5-20(14-21)26-23(30)27(16-18-8-11-24-12-9-18)17-19-4-2-10-25-15-19/h1-2,4-6,8-12,14-15H,3,7,13,16-17H2,(H,26,30). The highest BCUT2D eigenvalue weighted by Gasteiger charge is 2.22. The van der Waals surface area contributed by atoms with Crippen molar-refractivity contribution in [1.82, 2.24) is 14.9 Å². The fraction of sp³-hybridized carbons (Fsp3) is 0.217. The van der Waals surface area contributed by atoms with Gasteiger partial charge in [-0.2, -0.15) is 0 Å². The molecule has 152 valence electrons. The predicted molar refractivity (Wildman–Crippen MR) is 115 cm³/mol. The van der Waals surface area contributed by atoms with Crippen LogP contribution in [0.1, 0.15) is 24.0 Å². The van der Waals surface area contributed by atoms with Crippen molar-refractivity contribution >= 4 is 23.3 Å². The van der Waals surface area contributed by atoms with Gasteiger partial charge in [0.25, 0.3) is 0 Å². The van der Waals surface area contributed by atoms with Crippen LogP contribution in [0.25, 0.3) is 0 Å². The minimum absolute atomic E-state index is 0.120. The molecule has 3 heterocycles. The topological polar surface area (TPSA) is 78.4 Å². The summed E-state index contributed by atoms with van der Waals surface area (Å²) in [5, 5.41) is 2.97. The third-order valence-corrected chi connectivity index (χ3v) is 4.99. The number of pyridine rings is 2. The largest absolute Gasteiger partial charge is 0.322 e. The second-order valence-corrected chi connectivity index (χ2v) is 7.20. The molecule has 1 aliphatic rings. The maximum absolute atomic E-state index is 13.1. The highest BCUT2D eigenvalue weighted by Crippen LogP contribution is 2.24. The molecule has 0 atom stereocenters. The number of amides is 3. The van der Waals surface area contributed by atoms with E-state index in [2.05, 4.69) is 15.3 Å². The average molecular weight is 401 g/mol. The van der Waals surface area contributed by atoms with Crippen molar-refractivity contribution in [3.05, 3.63) is 84.4 Å². The van der Waals surface area contributed by atoms with E-state index in [0.29, 0.717) is 31.7 Å². The molecule has 3 amide bonds. The SMILES string of the molecule is O=C(Nc1cccc(N2CCCC2=O)c1)N(Cc1ccncc1)Cc1cccnc1. The Bertz CT molecular complexity index is 969. The first-order valence-corrected chi connectivity index (χ1v) is 9.93. The Morgan fingerprint density at radius 2 is 1.83 bits per heavy atom. The van der Waals surface area contributed by atoms with Crippen LogP contribution in [0.5, 0.6) is 0 Å². The zero-order valence-electron chi connectivity index (χ0n) is 16.6. The second-order valence-electron chi connectivity index (χ2n) is 7.20. The molecule has 3 aromatic rings. The van der Waals surface area contributed by atoms with Gasteiger partial charge in [-0.1, -0.05) is 12.1 Å². The van der Waals surface area contributed by atoms with Gasteiger partial charge in [-0.3, -0.25) is 14.8 Å². The molecule has 7 heteroatoms. The lowest BCUT2D eigenvalue weighted by molar-refractivity contribution is -0.117. The molecule has 0 saturated carbocycles. The lowest BCUT2D eigenvalue weighted by atomic mass is 10.2. The van der Waals surface area contributed by atoms with Gasteiger partial charge in [0.05, 0.1) is 0 Å². The first kappa shape index (κ1) is 19.6. The minimum Gasteiger partial charge on any atom is -0.316 e. The third kappa shape index (κ3) is 4.81. The van der Waals surface area contributed by atoms with Gasteiger partial charge in [0.2, 0.25) is 5.91 Å². The Kier molecular flexibility index (Phi) is 5.98. The number of anilines is 2. The summed E-state index contributed by atoms with van der Waals surface area (Å²) in [4.78, 5) is 36.8. The van der Waals surface area contributed by atoms with Gasteiger partial charge in [0, 0.05) is 62.2 Å². The molecular weight excluding hydrogens is 378 g/mol. The summed E-state index contributed by atoms with van der Waals surface area (Å²) >= 11 is 0. The number of urea groups is 1. The molecule has 0 aliphatic carbocycles. The van der Waals surface area contributed by atoms with Crippen LogP contribution in [-0.2, 0) is 17.9 Å². The molecule has 7 nitrogen and oxygen atoms in total. The highest BCUT2D eigenvalue weighted by atomic mass is 16.2. The van der Waals surface area contributed by atoms with Crippen LogP contribution >= 0.6 is 0 Å². The number of carbonyl (C=O) groups is 2. The Morgan fingerprint density at radius 3 is 2.57 bits per heavy atom. The molecular formula is C23H23N5O2. The minimum atomic E-state index is -0.222. The van der Waals surface area contributed by atoms with Crippen molar-refractivity contribution in [2.75, 3.05) is 16.8 Å². The van der Waals surface area contributed by atoms with Crippen LogP contribution in [0.4, 0.5) is 16.2 Å². The Labute approximate surface area is 175 Å². The molecule has 2 aromatic heterocycles. The summed E-state index contributed by atoms with van der Waals surface area (Å²) in [6.07, 6.45) is 8.33. The number of aromatic nitrogens is 2.